The van der Waals surface area contributed by atoms with Crippen molar-refractivity contribution >= 4 is 0 Å². The van der Waals surface area contributed by atoms with Crippen LogP contribution in [-0.4, -0.2) is 12.6 Å². The highest BCUT2D eigenvalue weighted by Gasteiger charge is 2.24. The molecule has 2 unspecified atom stereocenters. The number of rotatable bonds is 10. The summed E-state index contributed by atoms with van der Waals surface area (Å²) in [6.45, 7) is 8.21. The van der Waals surface area contributed by atoms with E-state index in [4.69, 9.17) is 0 Å². The number of hydrogen-bond donors (Lipinski definition) is 1. The van der Waals surface area contributed by atoms with Crippen molar-refractivity contribution in [1.29, 1.82) is 0 Å². The fourth-order valence-corrected chi connectivity index (χ4v) is 3.71. The third kappa shape index (κ3) is 6.79. The average molecular weight is 268 g/mol. The van der Waals surface area contributed by atoms with Crippen molar-refractivity contribution in [2.75, 3.05) is 6.54 Å². The van der Waals surface area contributed by atoms with Gasteiger partial charge in [-0.05, 0) is 37.6 Å². The molecule has 0 amide bonds. The van der Waals surface area contributed by atoms with Crippen molar-refractivity contribution in [3.05, 3.63) is 0 Å². The highest BCUT2D eigenvalue weighted by molar-refractivity contribution is 4.80. The van der Waals surface area contributed by atoms with Gasteiger partial charge in [0.25, 0.3) is 0 Å². The van der Waals surface area contributed by atoms with E-state index >= 15 is 0 Å². The van der Waals surface area contributed by atoms with E-state index < -0.39 is 0 Å². The topological polar surface area (TPSA) is 12.0 Å². The lowest BCUT2D eigenvalue weighted by molar-refractivity contribution is 0.235. The lowest BCUT2D eigenvalue weighted by Crippen LogP contribution is -2.38. The zero-order valence-electron chi connectivity index (χ0n) is 13.7. The Bertz CT molecular complexity index is 196. The van der Waals surface area contributed by atoms with Gasteiger partial charge in [-0.3, -0.25) is 0 Å². The van der Waals surface area contributed by atoms with Gasteiger partial charge in [0, 0.05) is 6.04 Å². The minimum Gasteiger partial charge on any atom is -0.314 e. The maximum Gasteiger partial charge on any atom is 0.00978 e. The van der Waals surface area contributed by atoms with Gasteiger partial charge in [0.15, 0.2) is 0 Å². The van der Waals surface area contributed by atoms with Crippen molar-refractivity contribution in [2.24, 2.45) is 11.8 Å². The molecule has 19 heavy (non-hydrogen) atoms. The molecule has 1 heteroatoms. The second kappa shape index (κ2) is 10.7. The first-order valence-electron chi connectivity index (χ1n) is 9.05. The lowest BCUT2D eigenvalue weighted by Gasteiger charge is -2.32. The van der Waals surface area contributed by atoms with Crippen LogP contribution in [0.3, 0.4) is 0 Å². The third-order valence-electron chi connectivity index (χ3n) is 4.99. The van der Waals surface area contributed by atoms with Crippen LogP contribution in [0.15, 0.2) is 0 Å². The molecule has 0 aliphatic heterocycles. The predicted octanol–water partition coefficient (Wildman–Crippen LogP) is 5.54. The Hall–Kier alpha value is -0.0400. The van der Waals surface area contributed by atoms with E-state index in [1.165, 1.54) is 77.2 Å². The first-order valence-corrected chi connectivity index (χ1v) is 9.05. The Morgan fingerprint density at radius 2 is 1.74 bits per heavy atom. The van der Waals surface area contributed by atoms with Gasteiger partial charge in [0.2, 0.25) is 0 Å². The smallest absolute Gasteiger partial charge is 0.00978 e. The lowest BCUT2D eigenvalue weighted by atomic mass is 9.80. The van der Waals surface area contributed by atoms with Crippen molar-refractivity contribution in [3.8, 4) is 0 Å². The van der Waals surface area contributed by atoms with E-state index in [0.29, 0.717) is 0 Å². The van der Waals surface area contributed by atoms with Crippen LogP contribution in [0, 0.1) is 11.8 Å². The molecule has 1 nitrogen and oxygen atoms in total. The van der Waals surface area contributed by atoms with Crippen LogP contribution in [0.5, 0.6) is 0 Å². The van der Waals surface area contributed by atoms with Crippen LogP contribution in [0.2, 0.25) is 0 Å². The summed E-state index contributed by atoms with van der Waals surface area (Å²) in [7, 11) is 0. The van der Waals surface area contributed by atoms with E-state index in [2.05, 4.69) is 26.1 Å². The monoisotopic (exact) mass is 267 g/mol. The molecule has 114 valence electrons. The van der Waals surface area contributed by atoms with E-state index in [9.17, 15) is 0 Å². The Morgan fingerprint density at radius 1 is 1.00 bits per heavy atom. The SMILES string of the molecule is CCCCC(CC)C(CC1CCCCC1)NCCC. The van der Waals surface area contributed by atoms with Gasteiger partial charge in [0.1, 0.15) is 0 Å². The fraction of sp³-hybridized carbons (Fsp3) is 1.00. The standard InChI is InChI=1S/C18H37N/c1-4-7-13-17(6-3)18(19-14-5-2)15-16-11-9-8-10-12-16/h16-19H,4-15H2,1-3H3. The summed E-state index contributed by atoms with van der Waals surface area (Å²) in [5.41, 5.74) is 0. The molecular weight excluding hydrogens is 230 g/mol. The van der Waals surface area contributed by atoms with Gasteiger partial charge in [-0.1, -0.05) is 72.1 Å². The first-order chi connectivity index (χ1) is 9.31. The summed E-state index contributed by atoms with van der Waals surface area (Å²) in [4.78, 5) is 0. The molecular formula is C18H37N. The van der Waals surface area contributed by atoms with E-state index in [1.54, 1.807) is 0 Å². The normalized spacial score (nSPS) is 20.4. The predicted molar refractivity (Wildman–Crippen MR) is 86.6 cm³/mol. The number of unbranched alkanes of at least 4 members (excludes halogenated alkanes) is 1. The molecule has 1 aliphatic carbocycles. The molecule has 2 atom stereocenters. The van der Waals surface area contributed by atoms with E-state index in [-0.39, 0.29) is 0 Å². The summed E-state index contributed by atoms with van der Waals surface area (Å²) in [6, 6.07) is 0.791. The summed E-state index contributed by atoms with van der Waals surface area (Å²) in [5.74, 6) is 1.92. The van der Waals surface area contributed by atoms with Crippen LogP contribution in [0.1, 0.15) is 91.4 Å². The van der Waals surface area contributed by atoms with Crippen molar-refractivity contribution in [1.82, 2.24) is 5.32 Å². The fourth-order valence-electron chi connectivity index (χ4n) is 3.71. The van der Waals surface area contributed by atoms with Crippen molar-refractivity contribution < 1.29 is 0 Å². The van der Waals surface area contributed by atoms with Gasteiger partial charge in [-0.15, -0.1) is 0 Å². The Balaban J connectivity index is 2.46. The van der Waals surface area contributed by atoms with Gasteiger partial charge >= 0.3 is 0 Å². The zero-order valence-corrected chi connectivity index (χ0v) is 13.7. The van der Waals surface area contributed by atoms with Gasteiger partial charge in [-0.25, -0.2) is 0 Å². The Morgan fingerprint density at radius 3 is 2.32 bits per heavy atom. The molecule has 0 bridgehead atoms. The zero-order chi connectivity index (χ0) is 13.9. The van der Waals surface area contributed by atoms with Crippen LogP contribution >= 0.6 is 0 Å². The molecule has 0 aromatic rings. The van der Waals surface area contributed by atoms with Crippen LogP contribution in [-0.2, 0) is 0 Å². The molecule has 0 saturated heterocycles. The quantitative estimate of drug-likeness (QED) is 0.548. The number of hydrogen-bond acceptors (Lipinski definition) is 1. The van der Waals surface area contributed by atoms with Gasteiger partial charge < -0.3 is 5.32 Å². The molecule has 1 rings (SSSR count). The summed E-state index contributed by atoms with van der Waals surface area (Å²) in [5, 5.41) is 3.88. The average Bonchev–Trinajstić information content (AvgIpc) is 2.46. The molecule has 1 saturated carbocycles. The molecule has 0 aromatic heterocycles. The van der Waals surface area contributed by atoms with E-state index in [1.807, 2.05) is 0 Å². The third-order valence-corrected chi connectivity index (χ3v) is 4.99. The molecule has 1 aliphatic rings. The molecule has 1 fully saturated rings. The maximum atomic E-state index is 3.88. The highest BCUT2D eigenvalue weighted by Crippen LogP contribution is 2.30. The highest BCUT2D eigenvalue weighted by atomic mass is 14.9. The van der Waals surface area contributed by atoms with Crippen LogP contribution < -0.4 is 5.32 Å². The van der Waals surface area contributed by atoms with E-state index in [0.717, 1.165) is 17.9 Å². The molecule has 0 aromatic carbocycles. The summed E-state index contributed by atoms with van der Waals surface area (Å²) >= 11 is 0. The van der Waals surface area contributed by atoms with Crippen molar-refractivity contribution in [3.63, 3.8) is 0 Å². The summed E-state index contributed by atoms with van der Waals surface area (Å²) < 4.78 is 0. The Kier molecular flexibility index (Phi) is 9.59. The first kappa shape index (κ1) is 17.0. The molecule has 0 radical (unpaired) electrons. The second-order valence-electron chi connectivity index (χ2n) is 6.61. The molecule has 1 N–H and O–H groups in total. The molecule has 0 spiro atoms. The van der Waals surface area contributed by atoms with Gasteiger partial charge in [-0.2, -0.15) is 0 Å². The second-order valence-corrected chi connectivity index (χ2v) is 6.61. The van der Waals surface area contributed by atoms with Crippen molar-refractivity contribution in [2.45, 2.75) is 97.4 Å². The van der Waals surface area contributed by atoms with Crippen LogP contribution in [0.4, 0.5) is 0 Å². The maximum absolute atomic E-state index is 3.88. The van der Waals surface area contributed by atoms with Gasteiger partial charge in [0.05, 0.1) is 0 Å². The molecule has 0 heterocycles. The largest absolute Gasteiger partial charge is 0.314 e. The number of nitrogens with one attached hydrogen (secondary N) is 1. The minimum absolute atomic E-state index is 0.791. The Labute approximate surface area is 121 Å². The van der Waals surface area contributed by atoms with Crippen LogP contribution in [0.25, 0.3) is 0 Å². The minimum atomic E-state index is 0.791. The summed E-state index contributed by atoms with van der Waals surface area (Å²) in [6.07, 6.45) is 15.7.